The predicted octanol–water partition coefficient (Wildman–Crippen LogP) is 0.287. The quantitative estimate of drug-likeness (QED) is 0.278. The van der Waals surface area contributed by atoms with E-state index < -0.39 is 60.2 Å². The van der Waals surface area contributed by atoms with Gasteiger partial charge in [0.15, 0.2) is 6.04 Å². The average Bonchev–Trinajstić information content (AvgIpc) is 3.15. The molecule has 3 rings (SSSR count). The second kappa shape index (κ2) is 11.3. The minimum absolute atomic E-state index is 0.183. The van der Waals surface area contributed by atoms with E-state index in [-0.39, 0.29) is 12.1 Å². The van der Waals surface area contributed by atoms with Gasteiger partial charge in [-0.3, -0.25) is 19.2 Å². The van der Waals surface area contributed by atoms with Crippen LogP contribution in [0.4, 0.5) is 4.79 Å². The molecule has 0 unspecified atom stereocenters. The van der Waals surface area contributed by atoms with Gasteiger partial charge in [0.1, 0.15) is 12.1 Å². The number of carboxylic acids is 2. The third-order valence-corrected chi connectivity index (χ3v) is 5.64. The maximum absolute atomic E-state index is 13.2. The number of nitrogens with two attached hydrogens (primary N) is 1. The number of amides is 5. The van der Waals surface area contributed by atoms with E-state index in [2.05, 4.69) is 10.6 Å². The molecule has 0 aromatic heterocycles. The highest BCUT2D eigenvalue weighted by Crippen LogP contribution is 2.26. The first-order valence-electron chi connectivity index (χ1n) is 11.1. The second-order valence-electron chi connectivity index (χ2n) is 8.15. The van der Waals surface area contributed by atoms with Crippen LogP contribution in [0.3, 0.4) is 0 Å². The van der Waals surface area contributed by atoms with Crippen molar-refractivity contribution in [1.29, 1.82) is 0 Å². The lowest BCUT2D eigenvalue weighted by molar-refractivity contribution is -0.165. The van der Waals surface area contributed by atoms with E-state index in [0.717, 1.165) is 12.5 Å². The standard InChI is InChI=1S/C24H25N5O8/c1-13(30)28(29-22(34)19(27-24(29)37)16-9-7-14(12-25)8-10-16)17(11-18(31)32)21(33)26-20(23(35)36)15-5-3-2-4-6-15/h2-10,17,19-20H,11-12,25H2,1H3,(H,26,33)(H,27,37)(H,31,32)(H,35,36)/t17-,19+,20-/m0/s1. The van der Waals surface area contributed by atoms with E-state index in [9.17, 15) is 39.0 Å². The molecule has 194 valence electrons. The Hall–Kier alpha value is -4.78. The van der Waals surface area contributed by atoms with Crippen LogP contribution in [0.5, 0.6) is 0 Å². The number of carbonyl (C=O) groups excluding carboxylic acids is 4. The van der Waals surface area contributed by atoms with Crippen molar-refractivity contribution < 1.29 is 39.0 Å². The summed E-state index contributed by atoms with van der Waals surface area (Å²) in [5.41, 5.74) is 6.90. The zero-order valence-corrected chi connectivity index (χ0v) is 19.7. The molecule has 0 spiro atoms. The van der Waals surface area contributed by atoms with Crippen molar-refractivity contribution in [2.45, 2.75) is 38.0 Å². The lowest BCUT2D eigenvalue weighted by atomic mass is 10.0. The normalized spacial score (nSPS) is 16.5. The van der Waals surface area contributed by atoms with Crippen LogP contribution in [0.1, 0.15) is 42.1 Å². The van der Waals surface area contributed by atoms with Crippen molar-refractivity contribution in [2.24, 2.45) is 5.73 Å². The average molecular weight is 511 g/mol. The zero-order chi connectivity index (χ0) is 27.3. The Bertz CT molecular complexity index is 1220. The number of hydrogen-bond acceptors (Lipinski definition) is 7. The summed E-state index contributed by atoms with van der Waals surface area (Å²) in [5, 5.41) is 24.5. The summed E-state index contributed by atoms with van der Waals surface area (Å²) in [6, 6.07) is 8.22. The highest BCUT2D eigenvalue weighted by atomic mass is 16.4. The highest BCUT2D eigenvalue weighted by molar-refractivity contribution is 6.06. The van der Waals surface area contributed by atoms with E-state index in [4.69, 9.17) is 5.73 Å². The Morgan fingerprint density at radius 3 is 2.19 bits per heavy atom. The molecule has 0 saturated carbocycles. The Balaban J connectivity index is 1.94. The van der Waals surface area contributed by atoms with Gasteiger partial charge in [0, 0.05) is 13.5 Å². The van der Waals surface area contributed by atoms with Crippen LogP contribution in [0.15, 0.2) is 54.6 Å². The summed E-state index contributed by atoms with van der Waals surface area (Å²) >= 11 is 0. The number of nitrogens with zero attached hydrogens (tertiary/aromatic N) is 2. The monoisotopic (exact) mass is 511 g/mol. The van der Waals surface area contributed by atoms with E-state index in [1.54, 1.807) is 42.5 Å². The minimum atomic E-state index is -1.92. The first-order chi connectivity index (χ1) is 17.5. The molecule has 1 aliphatic rings. The Labute approximate surface area is 210 Å². The lowest BCUT2D eigenvalue weighted by Gasteiger charge is -2.34. The van der Waals surface area contributed by atoms with Crippen LogP contribution in [0, 0.1) is 0 Å². The molecular weight excluding hydrogens is 486 g/mol. The van der Waals surface area contributed by atoms with Crippen molar-refractivity contribution in [3.63, 3.8) is 0 Å². The maximum atomic E-state index is 13.2. The number of rotatable bonds is 10. The van der Waals surface area contributed by atoms with E-state index in [1.165, 1.54) is 12.1 Å². The Morgan fingerprint density at radius 2 is 1.68 bits per heavy atom. The van der Waals surface area contributed by atoms with Gasteiger partial charge in [-0.15, -0.1) is 0 Å². The molecule has 37 heavy (non-hydrogen) atoms. The van der Waals surface area contributed by atoms with Crippen LogP contribution in [-0.4, -0.2) is 62.0 Å². The molecule has 0 aliphatic carbocycles. The molecule has 1 fully saturated rings. The third-order valence-electron chi connectivity index (χ3n) is 5.64. The topological polar surface area (TPSA) is 199 Å². The van der Waals surface area contributed by atoms with Crippen molar-refractivity contribution in [3.8, 4) is 0 Å². The minimum Gasteiger partial charge on any atom is -0.481 e. The number of imide groups is 1. The molecule has 5 amide bonds. The molecule has 1 heterocycles. The largest absolute Gasteiger partial charge is 0.481 e. The molecule has 0 bridgehead atoms. The summed E-state index contributed by atoms with van der Waals surface area (Å²) in [4.78, 5) is 75.3. The fourth-order valence-electron chi connectivity index (χ4n) is 3.87. The van der Waals surface area contributed by atoms with Crippen molar-refractivity contribution >= 4 is 35.7 Å². The van der Waals surface area contributed by atoms with Gasteiger partial charge in [0.2, 0.25) is 11.8 Å². The number of carbonyl (C=O) groups is 6. The fraction of sp³-hybridized carbons (Fsp3) is 0.250. The first-order valence-corrected chi connectivity index (χ1v) is 11.1. The predicted molar refractivity (Wildman–Crippen MR) is 126 cm³/mol. The number of carboxylic acid groups (broad SMARTS) is 2. The molecular formula is C24H25N5O8. The van der Waals surface area contributed by atoms with Crippen molar-refractivity contribution in [2.75, 3.05) is 0 Å². The van der Waals surface area contributed by atoms with Gasteiger partial charge in [-0.25, -0.2) is 14.6 Å². The van der Waals surface area contributed by atoms with Gasteiger partial charge in [0.25, 0.3) is 5.91 Å². The van der Waals surface area contributed by atoms with Gasteiger partial charge in [-0.2, -0.15) is 5.01 Å². The summed E-state index contributed by atoms with van der Waals surface area (Å²) < 4.78 is 0. The Kier molecular flexibility index (Phi) is 8.19. The summed E-state index contributed by atoms with van der Waals surface area (Å²) in [6.45, 7) is 1.19. The van der Waals surface area contributed by atoms with Crippen LogP contribution in [0.2, 0.25) is 0 Å². The number of hydrogen-bond donors (Lipinski definition) is 5. The molecule has 1 saturated heterocycles. The van der Waals surface area contributed by atoms with Crippen molar-refractivity contribution in [1.82, 2.24) is 20.7 Å². The van der Waals surface area contributed by atoms with Gasteiger partial charge < -0.3 is 26.6 Å². The van der Waals surface area contributed by atoms with Gasteiger partial charge >= 0.3 is 18.0 Å². The summed E-state index contributed by atoms with van der Waals surface area (Å²) in [7, 11) is 0. The number of benzene rings is 2. The van der Waals surface area contributed by atoms with Crippen LogP contribution < -0.4 is 16.4 Å². The molecule has 6 N–H and O–H groups in total. The summed E-state index contributed by atoms with van der Waals surface area (Å²) in [6.07, 6.45) is -1.01. The smallest absolute Gasteiger partial charge is 0.344 e. The van der Waals surface area contributed by atoms with Gasteiger partial charge in [-0.1, -0.05) is 54.6 Å². The van der Waals surface area contributed by atoms with Crippen molar-refractivity contribution in [3.05, 3.63) is 71.3 Å². The van der Waals surface area contributed by atoms with Crippen LogP contribution >= 0.6 is 0 Å². The zero-order valence-electron chi connectivity index (χ0n) is 19.7. The summed E-state index contributed by atoms with van der Waals surface area (Å²) in [5.74, 6) is -6.08. The fourth-order valence-corrected chi connectivity index (χ4v) is 3.87. The maximum Gasteiger partial charge on any atom is 0.344 e. The second-order valence-corrected chi connectivity index (χ2v) is 8.15. The van der Waals surface area contributed by atoms with E-state index in [1.807, 2.05) is 0 Å². The first kappa shape index (κ1) is 26.8. The molecule has 2 aromatic carbocycles. The van der Waals surface area contributed by atoms with Gasteiger partial charge in [-0.05, 0) is 16.7 Å². The molecule has 13 heteroatoms. The molecule has 13 nitrogen and oxygen atoms in total. The lowest BCUT2D eigenvalue weighted by Crippen LogP contribution is -2.59. The van der Waals surface area contributed by atoms with E-state index >= 15 is 0 Å². The Morgan fingerprint density at radius 1 is 1.05 bits per heavy atom. The number of aliphatic carboxylic acids is 2. The number of nitrogens with one attached hydrogen (secondary N) is 2. The van der Waals surface area contributed by atoms with Crippen LogP contribution in [0.25, 0.3) is 0 Å². The molecule has 3 atom stereocenters. The number of hydrazine groups is 1. The molecule has 2 aromatic rings. The SMILES string of the molecule is CC(=O)N([C@@H](CC(=O)O)C(=O)N[C@H](C(=O)O)c1ccccc1)N1C(=O)N[C@H](c2ccc(CN)cc2)C1=O. The van der Waals surface area contributed by atoms with E-state index in [0.29, 0.717) is 15.6 Å². The molecule has 1 aliphatic heterocycles. The number of urea groups is 1. The third kappa shape index (κ3) is 5.90. The van der Waals surface area contributed by atoms with Gasteiger partial charge in [0.05, 0.1) is 6.42 Å². The van der Waals surface area contributed by atoms with Crippen LogP contribution in [-0.2, 0) is 30.5 Å². The highest BCUT2D eigenvalue weighted by Gasteiger charge is 2.48. The molecule has 0 radical (unpaired) electrons.